The van der Waals surface area contributed by atoms with Crippen LogP contribution in [0.3, 0.4) is 0 Å². The van der Waals surface area contributed by atoms with Crippen LogP contribution in [0.5, 0.6) is 0 Å². The molecule has 0 aromatic carbocycles. The molecule has 0 bridgehead atoms. The Labute approximate surface area is 94.5 Å². The number of aliphatic hydroxyl groups is 1. The summed E-state index contributed by atoms with van der Waals surface area (Å²) in [6.45, 7) is 1.54. The third-order valence-corrected chi connectivity index (χ3v) is 3.86. The normalized spacial score (nSPS) is 19.5. The molecule has 1 fully saturated rings. The van der Waals surface area contributed by atoms with Gasteiger partial charge in [0.1, 0.15) is 0 Å². The summed E-state index contributed by atoms with van der Waals surface area (Å²) in [6, 6.07) is 0. The maximum Gasteiger partial charge on any atom is 0.0794 e. The Kier molecular flexibility index (Phi) is 4.11. The summed E-state index contributed by atoms with van der Waals surface area (Å²) in [7, 11) is 0. The van der Waals surface area contributed by atoms with Gasteiger partial charge in [0, 0.05) is 24.2 Å². The molecule has 0 amide bonds. The van der Waals surface area contributed by atoms with Crippen molar-refractivity contribution in [3.05, 3.63) is 16.6 Å². The van der Waals surface area contributed by atoms with Gasteiger partial charge < -0.3 is 10.4 Å². The van der Waals surface area contributed by atoms with Crippen LogP contribution < -0.4 is 5.32 Å². The zero-order chi connectivity index (χ0) is 10.5. The van der Waals surface area contributed by atoms with Crippen LogP contribution in [0.15, 0.2) is 11.7 Å². The molecule has 1 heterocycles. The summed E-state index contributed by atoms with van der Waals surface area (Å²) < 4.78 is 0. The zero-order valence-electron chi connectivity index (χ0n) is 8.85. The fraction of sp³-hybridized carbons (Fsp3) is 0.727. The van der Waals surface area contributed by atoms with Crippen molar-refractivity contribution in [2.24, 2.45) is 5.92 Å². The quantitative estimate of drug-likeness (QED) is 0.804. The van der Waals surface area contributed by atoms with E-state index in [-0.39, 0.29) is 6.10 Å². The van der Waals surface area contributed by atoms with Gasteiger partial charge in [-0.15, -0.1) is 11.3 Å². The van der Waals surface area contributed by atoms with E-state index in [9.17, 15) is 5.11 Å². The van der Waals surface area contributed by atoms with Gasteiger partial charge in [-0.05, 0) is 18.8 Å². The van der Waals surface area contributed by atoms with Crippen LogP contribution in [-0.2, 0) is 6.54 Å². The first-order chi connectivity index (χ1) is 7.36. The summed E-state index contributed by atoms with van der Waals surface area (Å²) >= 11 is 1.65. The van der Waals surface area contributed by atoms with Crippen molar-refractivity contribution >= 4 is 11.3 Å². The number of aliphatic hydroxyl groups excluding tert-OH is 1. The van der Waals surface area contributed by atoms with Crippen molar-refractivity contribution in [1.82, 2.24) is 10.3 Å². The van der Waals surface area contributed by atoms with Gasteiger partial charge in [0.25, 0.3) is 0 Å². The largest absolute Gasteiger partial charge is 0.392 e. The number of thiazole rings is 1. The van der Waals surface area contributed by atoms with Crippen LogP contribution in [0.1, 0.15) is 30.6 Å². The predicted molar refractivity (Wildman–Crippen MR) is 61.8 cm³/mol. The van der Waals surface area contributed by atoms with E-state index in [1.165, 1.54) is 30.6 Å². The monoisotopic (exact) mass is 226 g/mol. The van der Waals surface area contributed by atoms with E-state index >= 15 is 0 Å². The van der Waals surface area contributed by atoms with Gasteiger partial charge >= 0.3 is 0 Å². The molecule has 2 N–H and O–H groups in total. The fourth-order valence-electron chi connectivity index (χ4n) is 2.18. The third-order valence-electron chi connectivity index (χ3n) is 3.08. The molecule has 0 aliphatic heterocycles. The van der Waals surface area contributed by atoms with Crippen LogP contribution in [0.4, 0.5) is 0 Å². The minimum Gasteiger partial charge on any atom is -0.392 e. The standard InChI is InChI=1S/C11H18N2OS/c14-11(9-3-1-2-4-9)7-12-5-10-6-13-8-15-10/h6,8-9,11-12,14H,1-5,7H2. The Morgan fingerprint density at radius 3 is 3.00 bits per heavy atom. The van der Waals surface area contributed by atoms with E-state index < -0.39 is 0 Å². The summed E-state index contributed by atoms with van der Waals surface area (Å²) in [4.78, 5) is 5.24. The molecule has 1 aromatic rings. The number of nitrogens with zero attached hydrogens (tertiary/aromatic N) is 1. The van der Waals surface area contributed by atoms with Crippen LogP contribution in [0.25, 0.3) is 0 Å². The first kappa shape index (κ1) is 11.0. The second-order valence-electron chi connectivity index (χ2n) is 4.21. The van der Waals surface area contributed by atoms with Gasteiger partial charge in [0.15, 0.2) is 0 Å². The first-order valence-corrected chi connectivity index (χ1v) is 6.50. The lowest BCUT2D eigenvalue weighted by Crippen LogP contribution is -2.31. The Balaban J connectivity index is 1.64. The molecule has 0 saturated heterocycles. The highest BCUT2D eigenvalue weighted by Gasteiger charge is 2.22. The van der Waals surface area contributed by atoms with Gasteiger partial charge in [-0.2, -0.15) is 0 Å². The van der Waals surface area contributed by atoms with Crippen molar-refractivity contribution in [3.8, 4) is 0 Å². The zero-order valence-corrected chi connectivity index (χ0v) is 9.67. The Bertz CT molecular complexity index is 270. The first-order valence-electron chi connectivity index (χ1n) is 5.62. The molecule has 0 spiro atoms. The maximum absolute atomic E-state index is 9.90. The highest BCUT2D eigenvalue weighted by molar-refractivity contribution is 7.09. The highest BCUT2D eigenvalue weighted by Crippen LogP contribution is 2.27. The van der Waals surface area contributed by atoms with E-state index in [1.807, 2.05) is 11.7 Å². The number of hydrogen-bond acceptors (Lipinski definition) is 4. The summed E-state index contributed by atoms with van der Waals surface area (Å²) in [5.41, 5.74) is 1.84. The van der Waals surface area contributed by atoms with Crippen LogP contribution in [-0.4, -0.2) is 22.7 Å². The molecule has 1 aliphatic rings. The smallest absolute Gasteiger partial charge is 0.0794 e. The van der Waals surface area contributed by atoms with E-state index in [4.69, 9.17) is 0 Å². The Morgan fingerprint density at radius 1 is 1.53 bits per heavy atom. The molecular formula is C11H18N2OS. The fourth-order valence-corrected chi connectivity index (χ4v) is 2.75. The highest BCUT2D eigenvalue weighted by atomic mass is 32.1. The summed E-state index contributed by atoms with van der Waals surface area (Å²) in [5.74, 6) is 0.527. The van der Waals surface area contributed by atoms with Gasteiger partial charge in [-0.3, -0.25) is 4.98 Å². The third kappa shape index (κ3) is 3.26. The lowest BCUT2D eigenvalue weighted by atomic mass is 10.0. The Hall–Kier alpha value is -0.450. The van der Waals surface area contributed by atoms with Gasteiger partial charge in [-0.25, -0.2) is 0 Å². The van der Waals surface area contributed by atoms with Crippen molar-refractivity contribution in [2.45, 2.75) is 38.3 Å². The molecule has 15 heavy (non-hydrogen) atoms. The maximum atomic E-state index is 9.90. The lowest BCUT2D eigenvalue weighted by molar-refractivity contribution is 0.109. The molecule has 3 nitrogen and oxygen atoms in total. The van der Waals surface area contributed by atoms with Gasteiger partial charge in [0.2, 0.25) is 0 Å². The van der Waals surface area contributed by atoms with E-state index in [2.05, 4.69) is 10.3 Å². The lowest BCUT2D eigenvalue weighted by Gasteiger charge is -2.17. The number of hydrogen-bond donors (Lipinski definition) is 2. The van der Waals surface area contributed by atoms with Crippen LogP contribution in [0, 0.1) is 5.92 Å². The molecule has 1 unspecified atom stereocenters. The van der Waals surface area contributed by atoms with E-state index in [0.29, 0.717) is 12.5 Å². The topological polar surface area (TPSA) is 45.1 Å². The number of nitrogens with one attached hydrogen (secondary N) is 1. The molecular weight excluding hydrogens is 208 g/mol. The van der Waals surface area contributed by atoms with Gasteiger partial charge in [0.05, 0.1) is 11.6 Å². The molecule has 84 valence electrons. The average Bonchev–Trinajstić information content (AvgIpc) is 2.90. The number of aromatic nitrogens is 1. The minimum absolute atomic E-state index is 0.166. The van der Waals surface area contributed by atoms with Gasteiger partial charge in [-0.1, -0.05) is 12.8 Å². The van der Waals surface area contributed by atoms with Crippen molar-refractivity contribution in [2.75, 3.05) is 6.54 Å². The second-order valence-corrected chi connectivity index (χ2v) is 5.18. The van der Waals surface area contributed by atoms with Crippen LogP contribution in [0.2, 0.25) is 0 Å². The predicted octanol–water partition coefficient (Wildman–Crippen LogP) is 1.78. The van der Waals surface area contributed by atoms with E-state index in [1.54, 1.807) is 11.3 Å². The average molecular weight is 226 g/mol. The van der Waals surface area contributed by atoms with Crippen molar-refractivity contribution < 1.29 is 5.11 Å². The van der Waals surface area contributed by atoms with Crippen molar-refractivity contribution in [3.63, 3.8) is 0 Å². The summed E-state index contributed by atoms with van der Waals surface area (Å²) in [6.07, 6.45) is 6.68. The minimum atomic E-state index is -0.166. The van der Waals surface area contributed by atoms with E-state index in [0.717, 1.165) is 6.54 Å². The molecule has 0 radical (unpaired) electrons. The molecule has 2 rings (SSSR count). The Morgan fingerprint density at radius 2 is 2.33 bits per heavy atom. The molecule has 1 aromatic heterocycles. The molecule has 1 atom stereocenters. The number of rotatable bonds is 5. The van der Waals surface area contributed by atoms with Crippen LogP contribution >= 0.6 is 11.3 Å². The SMILES string of the molecule is OC(CNCc1cncs1)C1CCCC1. The molecule has 1 aliphatic carbocycles. The second kappa shape index (κ2) is 5.58. The molecule has 1 saturated carbocycles. The van der Waals surface area contributed by atoms with Crippen molar-refractivity contribution in [1.29, 1.82) is 0 Å². The summed E-state index contributed by atoms with van der Waals surface area (Å²) in [5, 5.41) is 13.2. The molecule has 4 heteroatoms.